The lowest BCUT2D eigenvalue weighted by Crippen LogP contribution is -2.44. The van der Waals surface area contributed by atoms with Crippen molar-refractivity contribution >= 4 is 24.3 Å². The Balaban J connectivity index is 0.00000196. The molecule has 0 radical (unpaired) electrons. The normalized spacial score (nSPS) is 17.8. The van der Waals surface area contributed by atoms with Crippen molar-refractivity contribution in [1.82, 2.24) is 4.90 Å². The molecule has 3 N–H and O–H groups in total. The molecule has 1 saturated heterocycles. The van der Waals surface area contributed by atoms with E-state index in [0.717, 1.165) is 0 Å². The molecular weight excluding hydrogens is 224 g/mol. The van der Waals surface area contributed by atoms with Gasteiger partial charge in [0.1, 0.15) is 6.04 Å². The first-order valence-electron chi connectivity index (χ1n) is 4.45. The van der Waals surface area contributed by atoms with Gasteiger partial charge in [0.15, 0.2) is 0 Å². The number of amides is 1. The van der Waals surface area contributed by atoms with E-state index < -0.39 is 12.0 Å². The van der Waals surface area contributed by atoms with Gasteiger partial charge in [0.05, 0.1) is 19.6 Å². The molecule has 1 aliphatic heterocycles. The minimum Gasteiger partial charge on any atom is -0.480 e. The number of rotatable bonds is 3. The van der Waals surface area contributed by atoms with Gasteiger partial charge in [-0.1, -0.05) is 0 Å². The molecule has 1 aliphatic rings. The van der Waals surface area contributed by atoms with Crippen molar-refractivity contribution in [2.45, 2.75) is 12.5 Å². The van der Waals surface area contributed by atoms with Gasteiger partial charge in [-0.25, -0.2) is 0 Å². The molecule has 88 valence electrons. The fourth-order valence-corrected chi connectivity index (χ4v) is 1.22. The summed E-state index contributed by atoms with van der Waals surface area (Å²) in [7, 11) is 0. The van der Waals surface area contributed by atoms with Gasteiger partial charge in [0, 0.05) is 13.1 Å². The molecule has 0 spiro atoms. The fourth-order valence-electron chi connectivity index (χ4n) is 1.22. The number of halogens is 1. The van der Waals surface area contributed by atoms with Gasteiger partial charge in [-0.3, -0.25) is 9.59 Å². The Kier molecular flexibility index (Phi) is 6.23. The van der Waals surface area contributed by atoms with Crippen molar-refractivity contribution < 1.29 is 19.4 Å². The number of hydrogen-bond donors (Lipinski definition) is 2. The highest BCUT2D eigenvalue weighted by Gasteiger charge is 2.22. The molecule has 0 aliphatic carbocycles. The average molecular weight is 239 g/mol. The lowest BCUT2D eigenvalue weighted by molar-refractivity contribution is -0.143. The van der Waals surface area contributed by atoms with Crippen LogP contribution in [0.15, 0.2) is 0 Å². The number of carbonyl (C=O) groups is 2. The first-order valence-corrected chi connectivity index (χ1v) is 4.45. The second-order valence-electron chi connectivity index (χ2n) is 3.14. The number of carboxylic acid groups (broad SMARTS) is 1. The standard InChI is InChI=1S/C8H14N2O4.ClH/c9-6(8(12)13)5-7(11)10-1-3-14-4-2-10;/h6H,1-5,9H2,(H,12,13);1H/t6-;/m1./s1. The summed E-state index contributed by atoms with van der Waals surface area (Å²) in [6.07, 6.45) is -0.144. The topological polar surface area (TPSA) is 92.9 Å². The van der Waals surface area contributed by atoms with Crippen LogP contribution in [0.4, 0.5) is 0 Å². The van der Waals surface area contributed by atoms with Gasteiger partial charge in [-0.15, -0.1) is 12.4 Å². The SMILES string of the molecule is Cl.N[C@H](CC(=O)N1CCOCC1)C(=O)O. The summed E-state index contributed by atoms with van der Waals surface area (Å²) < 4.78 is 5.06. The molecule has 1 rings (SSSR count). The third-order valence-corrected chi connectivity index (χ3v) is 2.08. The number of nitrogens with two attached hydrogens (primary N) is 1. The number of carboxylic acids is 1. The number of morpholine rings is 1. The molecule has 0 bridgehead atoms. The smallest absolute Gasteiger partial charge is 0.321 e. The Morgan fingerprint density at radius 2 is 1.93 bits per heavy atom. The molecule has 1 atom stereocenters. The quantitative estimate of drug-likeness (QED) is 0.663. The summed E-state index contributed by atoms with van der Waals surface area (Å²) in [5, 5.41) is 8.51. The first kappa shape index (κ1) is 14.2. The maximum Gasteiger partial charge on any atom is 0.321 e. The predicted octanol–water partition coefficient (Wildman–Crippen LogP) is -0.931. The van der Waals surface area contributed by atoms with Crippen molar-refractivity contribution in [2.24, 2.45) is 5.73 Å². The Bertz CT molecular complexity index is 231. The molecule has 0 aromatic heterocycles. The number of ether oxygens (including phenoxy) is 1. The van der Waals surface area contributed by atoms with Crippen molar-refractivity contribution in [1.29, 1.82) is 0 Å². The zero-order chi connectivity index (χ0) is 10.6. The van der Waals surface area contributed by atoms with Crippen LogP contribution in [-0.4, -0.2) is 54.2 Å². The fraction of sp³-hybridized carbons (Fsp3) is 0.750. The minimum atomic E-state index is -1.15. The van der Waals surface area contributed by atoms with Crippen LogP contribution >= 0.6 is 12.4 Å². The van der Waals surface area contributed by atoms with E-state index in [1.165, 1.54) is 0 Å². The van der Waals surface area contributed by atoms with Gasteiger partial charge in [0.25, 0.3) is 0 Å². The maximum atomic E-state index is 11.4. The van der Waals surface area contributed by atoms with Crippen LogP contribution < -0.4 is 5.73 Å². The van der Waals surface area contributed by atoms with Gasteiger partial charge in [-0.05, 0) is 0 Å². The summed E-state index contributed by atoms with van der Waals surface area (Å²) in [6, 6.07) is -1.11. The summed E-state index contributed by atoms with van der Waals surface area (Å²) in [6.45, 7) is 2.05. The van der Waals surface area contributed by atoms with Crippen molar-refractivity contribution in [3.63, 3.8) is 0 Å². The molecule has 0 aromatic rings. The Morgan fingerprint density at radius 3 is 2.40 bits per heavy atom. The molecule has 0 unspecified atom stereocenters. The lowest BCUT2D eigenvalue weighted by atomic mass is 10.2. The maximum absolute atomic E-state index is 11.4. The zero-order valence-corrected chi connectivity index (χ0v) is 9.03. The predicted molar refractivity (Wildman–Crippen MR) is 54.9 cm³/mol. The van der Waals surface area contributed by atoms with Crippen LogP contribution in [0.25, 0.3) is 0 Å². The second kappa shape index (κ2) is 6.60. The first-order chi connectivity index (χ1) is 6.61. The summed E-state index contributed by atoms with van der Waals surface area (Å²) in [4.78, 5) is 23.4. The van der Waals surface area contributed by atoms with E-state index in [2.05, 4.69) is 0 Å². The molecule has 1 heterocycles. The van der Waals surface area contributed by atoms with Crippen molar-refractivity contribution in [3.8, 4) is 0 Å². The van der Waals surface area contributed by atoms with Crippen molar-refractivity contribution in [3.05, 3.63) is 0 Å². The molecular formula is C8H15ClN2O4. The zero-order valence-electron chi connectivity index (χ0n) is 8.22. The van der Waals surface area contributed by atoms with Gasteiger partial charge < -0.3 is 20.5 Å². The summed E-state index contributed by atoms with van der Waals surface area (Å²) in [5.74, 6) is -1.37. The van der Waals surface area contributed by atoms with E-state index in [1.807, 2.05) is 0 Å². The van der Waals surface area contributed by atoms with Crippen LogP contribution in [0.5, 0.6) is 0 Å². The highest BCUT2D eigenvalue weighted by molar-refractivity contribution is 5.85. The molecule has 1 fully saturated rings. The van der Waals surface area contributed by atoms with Crippen LogP contribution in [0.1, 0.15) is 6.42 Å². The number of aliphatic carboxylic acids is 1. The Morgan fingerprint density at radius 1 is 1.40 bits per heavy atom. The average Bonchev–Trinajstić information content (AvgIpc) is 2.19. The summed E-state index contributed by atoms with van der Waals surface area (Å²) >= 11 is 0. The van der Waals surface area contributed by atoms with Gasteiger partial charge >= 0.3 is 5.97 Å². The third kappa shape index (κ3) is 4.46. The Hall–Kier alpha value is -0.850. The third-order valence-electron chi connectivity index (χ3n) is 2.08. The molecule has 7 heteroatoms. The van der Waals surface area contributed by atoms with Crippen molar-refractivity contribution in [2.75, 3.05) is 26.3 Å². The van der Waals surface area contributed by atoms with Crippen LogP contribution in [0.2, 0.25) is 0 Å². The largest absolute Gasteiger partial charge is 0.480 e. The highest BCUT2D eigenvalue weighted by Crippen LogP contribution is 2.01. The molecule has 6 nitrogen and oxygen atoms in total. The highest BCUT2D eigenvalue weighted by atomic mass is 35.5. The number of nitrogens with zero attached hydrogens (tertiary/aromatic N) is 1. The lowest BCUT2D eigenvalue weighted by Gasteiger charge is -2.27. The van der Waals surface area contributed by atoms with E-state index in [4.69, 9.17) is 15.6 Å². The van der Waals surface area contributed by atoms with Gasteiger partial charge in [0.2, 0.25) is 5.91 Å². The number of hydrogen-bond acceptors (Lipinski definition) is 4. The van der Waals surface area contributed by atoms with E-state index in [1.54, 1.807) is 4.90 Å². The second-order valence-corrected chi connectivity index (χ2v) is 3.14. The molecule has 0 aromatic carbocycles. The Labute approximate surface area is 93.8 Å². The van der Waals surface area contributed by atoms with E-state index in [-0.39, 0.29) is 24.7 Å². The monoisotopic (exact) mass is 238 g/mol. The van der Waals surface area contributed by atoms with Crippen LogP contribution in [0.3, 0.4) is 0 Å². The number of carbonyl (C=O) groups excluding carboxylic acids is 1. The minimum absolute atomic E-state index is 0. The van der Waals surface area contributed by atoms with Crippen LogP contribution in [-0.2, 0) is 14.3 Å². The molecule has 1 amide bonds. The van der Waals surface area contributed by atoms with E-state index in [9.17, 15) is 9.59 Å². The summed E-state index contributed by atoms with van der Waals surface area (Å²) in [5.41, 5.74) is 5.25. The molecule has 15 heavy (non-hydrogen) atoms. The molecule has 0 saturated carbocycles. The van der Waals surface area contributed by atoms with E-state index >= 15 is 0 Å². The van der Waals surface area contributed by atoms with Crippen LogP contribution in [0, 0.1) is 0 Å². The van der Waals surface area contributed by atoms with E-state index in [0.29, 0.717) is 26.3 Å². The van der Waals surface area contributed by atoms with Gasteiger partial charge in [-0.2, -0.15) is 0 Å².